The van der Waals surface area contributed by atoms with Gasteiger partial charge in [-0.1, -0.05) is 62.4 Å². The minimum absolute atomic E-state index is 0.0578. The van der Waals surface area contributed by atoms with E-state index in [-0.39, 0.29) is 5.91 Å². The molecule has 0 saturated heterocycles. The molecule has 2 nitrogen and oxygen atoms in total. The van der Waals surface area contributed by atoms with Crippen LogP contribution < -0.4 is 5.32 Å². The van der Waals surface area contributed by atoms with Gasteiger partial charge in [-0.3, -0.25) is 4.79 Å². The smallest absolute Gasteiger partial charge is 0.229 e. The summed E-state index contributed by atoms with van der Waals surface area (Å²) in [6.45, 7) is 5.61. The van der Waals surface area contributed by atoms with Crippen LogP contribution in [0.2, 0.25) is 5.02 Å². The van der Waals surface area contributed by atoms with E-state index in [1.54, 1.807) is 18.2 Å². The molecule has 2 aromatic carbocycles. The Kier molecular flexibility index (Phi) is 4.90. The molecule has 3 heteroatoms. The van der Waals surface area contributed by atoms with Crippen molar-refractivity contribution < 1.29 is 4.79 Å². The van der Waals surface area contributed by atoms with Gasteiger partial charge >= 0.3 is 0 Å². The van der Waals surface area contributed by atoms with Gasteiger partial charge in [0.25, 0.3) is 0 Å². The Hall–Kier alpha value is -2.24. The van der Waals surface area contributed by atoms with E-state index >= 15 is 0 Å². The second kappa shape index (κ2) is 6.68. The summed E-state index contributed by atoms with van der Waals surface area (Å²) in [6.07, 6.45) is 0. The van der Waals surface area contributed by atoms with E-state index in [0.717, 1.165) is 5.56 Å². The first-order valence-electron chi connectivity index (χ1n) is 7.04. The molecule has 0 aliphatic heterocycles. The van der Waals surface area contributed by atoms with Crippen molar-refractivity contribution >= 4 is 23.2 Å². The fourth-order valence-corrected chi connectivity index (χ4v) is 1.87. The lowest BCUT2D eigenvalue weighted by molar-refractivity contribution is -0.123. The molecular weight excluding hydrogens is 294 g/mol. The molecule has 0 heterocycles. The molecule has 2 aromatic rings. The van der Waals surface area contributed by atoms with Crippen LogP contribution >= 0.6 is 11.6 Å². The van der Waals surface area contributed by atoms with Gasteiger partial charge in [0.15, 0.2) is 0 Å². The highest BCUT2D eigenvalue weighted by Gasteiger charge is 2.21. The van der Waals surface area contributed by atoms with Crippen LogP contribution in [0.3, 0.4) is 0 Å². The molecule has 112 valence electrons. The minimum atomic E-state index is -0.468. The van der Waals surface area contributed by atoms with E-state index in [1.807, 2.05) is 51.1 Å². The zero-order chi connectivity index (χ0) is 16.2. The second-order valence-electron chi connectivity index (χ2n) is 6.01. The van der Waals surface area contributed by atoms with E-state index < -0.39 is 5.41 Å². The number of hydrogen-bond donors (Lipinski definition) is 1. The average Bonchev–Trinajstić information content (AvgIpc) is 2.47. The topological polar surface area (TPSA) is 29.1 Å². The third-order valence-electron chi connectivity index (χ3n) is 3.03. The zero-order valence-corrected chi connectivity index (χ0v) is 13.7. The van der Waals surface area contributed by atoms with Gasteiger partial charge in [-0.05, 0) is 30.3 Å². The standard InChI is InChI=1S/C19H18ClNO/c1-19(2,3)18(22)21-17-12-11-16(20)13-15(17)10-9-14-7-5-4-6-8-14/h4-8,11-13H,1-3H3,(H,21,22). The third-order valence-corrected chi connectivity index (χ3v) is 3.26. The Balaban J connectivity index is 2.33. The Morgan fingerprint density at radius 1 is 1.05 bits per heavy atom. The lowest BCUT2D eigenvalue weighted by Gasteiger charge is -2.18. The van der Waals surface area contributed by atoms with Crippen molar-refractivity contribution in [1.82, 2.24) is 0 Å². The lowest BCUT2D eigenvalue weighted by Crippen LogP contribution is -2.27. The average molecular weight is 312 g/mol. The lowest BCUT2D eigenvalue weighted by atomic mass is 9.95. The third kappa shape index (κ3) is 4.38. The number of benzene rings is 2. The molecule has 1 amide bonds. The van der Waals surface area contributed by atoms with Crippen LogP contribution in [-0.4, -0.2) is 5.91 Å². The largest absolute Gasteiger partial charge is 0.325 e. The summed E-state index contributed by atoms with van der Waals surface area (Å²) in [5, 5.41) is 3.50. The molecule has 0 saturated carbocycles. The van der Waals surface area contributed by atoms with Crippen LogP contribution in [0.4, 0.5) is 5.69 Å². The van der Waals surface area contributed by atoms with Gasteiger partial charge in [-0.15, -0.1) is 0 Å². The maximum atomic E-state index is 12.2. The SMILES string of the molecule is CC(C)(C)C(=O)Nc1ccc(Cl)cc1C#Cc1ccccc1. The second-order valence-corrected chi connectivity index (χ2v) is 6.45. The first kappa shape index (κ1) is 16.1. The number of amides is 1. The van der Waals surface area contributed by atoms with Gasteiger partial charge in [0.1, 0.15) is 0 Å². The van der Waals surface area contributed by atoms with Gasteiger partial charge < -0.3 is 5.32 Å². The summed E-state index contributed by atoms with van der Waals surface area (Å²) in [6, 6.07) is 15.0. The predicted octanol–water partition coefficient (Wildman–Crippen LogP) is 4.72. The van der Waals surface area contributed by atoms with Crippen LogP contribution in [0.5, 0.6) is 0 Å². The highest BCUT2D eigenvalue weighted by atomic mass is 35.5. The number of rotatable bonds is 1. The first-order chi connectivity index (χ1) is 10.4. The Labute approximate surface area is 136 Å². The molecule has 0 aliphatic rings. The number of hydrogen-bond acceptors (Lipinski definition) is 1. The number of anilines is 1. The van der Waals surface area contributed by atoms with Crippen molar-refractivity contribution in [2.45, 2.75) is 20.8 Å². The molecule has 22 heavy (non-hydrogen) atoms. The van der Waals surface area contributed by atoms with E-state index in [4.69, 9.17) is 11.6 Å². The summed E-state index contributed by atoms with van der Waals surface area (Å²) in [5.41, 5.74) is 1.82. The molecule has 0 fully saturated rings. The van der Waals surface area contributed by atoms with Crippen molar-refractivity contribution in [3.05, 3.63) is 64.7 Å². The molecule has 0 spiro atoms. The molecule has 2 rings (SSSR count). The Morgan fingerprint density at radius 2 is 1.73 bits per heavy atom. The Morgan fingerprint density at radius 3 is 2.36 bits per heavy atom. The maximum absolute atomic E-state index is 12.2. The van der Waals surface area contributed by atoms with Gasteiger partial charge in [0, 0.05) is 21.6 Å². The summed E-state index contributed by atoms with van der Waals surface area (Å²) in [5.74, 6) is 6.10. The van der Waals surface area contributed by atoms with Gasteiger partial charge in [-0.2, -0.15) is 0 Å². The molecule has 1 N–H and O–H groups in total. The Bertz CT molecular complexity index is 734. The van der Waals surface area contributed by atoms with Crippen molar-refractivity contribution in [2.24, 2.45) is 5.41 Å². The molecule has 0 aromatic heterocycles. The summed E-state index contributed by atoms with van der Waals surface area (Å²) in [7, 11) is 0. The zero-order valence-electron chi connectivity index (χ0n) is 12.9. The van der Waals surface area contributed by atoms with E-state index in [2.05, 4.69) is 17.2 Å². The van der Waals surface area contributed by atoms with E-state index in [9.17, 15) is 4.79 Å². The fraction of sp³-hybridized carbons (Fsp3) is 0.211. The predicted molar refractivity (Wildman–Crippen MR) is 92.0 cm³/mol. The van der Waals surface area contributed by atoms with Crippen LogP contribution in [0.1, 0.15) is 31.9 Å². The van der Waals surface area contributed by atoms with Crippen molar-refractivity contribution in [3.63, 3.8) is 0 Å². The van der Waals surface area contributed by atoms with Gasteiger partial charge in [-0.25, -0.2) is 0 Å². The normalized spacial score (nSPS) is 10.5. The van der Waals surface area contributed by atoms with Crippen LogP contribution in [-0.2, 0) is 4.79 Å². The van der Waals surface area contributed by atoms with Crippen molar-refractivity contribution in [1.29, 1.82) is 0 Å². The van der Waals surface area contributed by atoms with Crippen molar-refractivity contribution in [2.75, 3.05) is 5.32 Å². The van der Waals surface area contributed by atoms with Crippen LogP contribution in [0, 0.1) is 17.3 Å². The van der Waals surface area contributed by atoms with Gasteiger partial charge in [0.05, 0.1) is 5.69 Å². The number of halogens is 1. The molecule has 0 bridgehead atoms. The minimum Gasteiger partial charge on any atom is -0.325 e. The summed E-state index contributed by atoms with van der Waals surface area (Å²) >= 11 is 6.04. The highest BCUT2D eigenvalue weighted by molar-refractivity contribution is 6.30. The van der Waals surface area contributed by atoms with Gasteiger partial charge in [0.2, 0.25) is 5.91 Å². The molecule has 0 aliphatic carbocycles. The fourth-order valence-electron chi connectivity index (χ4n) is 1.70. The van der Waals surface area contributed by atoms with E-state index in [0.29, 0.717) is 16.3 Å². The molecule has 0 unspecified atom stereocenters. The quantitative estimate of drug-likeness (QED) is 0.758. The monoisotopic (exact) mass is 311 g/mol. The molecule has 0 atom stereocenters. The number of carbonyl (C=O) groups excluding carboxylic acids is 1. The van der Waals surface area contributed by atoms with Crippen LogP contribution in [0.25, 0.3) is 0 Å². The summed E-state index contributed by atoms with van der Waals surface area (Å²) < 4.78 is 0. The van der Waals surface area contributed by atoms with Crippen LogP contribution in [0.15, 0.2) is 48.5 Å². The number of nitrogens with one attached hydrogen (secondary N) is 1. The molecular formula is C19H18ClNO. The first-order valence-corrected chi connectivity index (χ1v) is 7.42. The highest BCUT2D eigenvalue weighted by Crippen LogP contribution is 2.23. The summed E-state index contributed by atoms with van der Waals surface area (Å²) in [4.78, 5) is 12.2. The maximum Gasteiger partial charge on any atom is 0.229 e. The van der Waals surface area contributed by atoms with Crippen molar-refractivity contribution in [3.8, 4) is 11.8 Å². The molecule has 0 radical (unpaired) electrons. The number of carbonyl (C=O) groups is 1. The van der Waals surface area contributed by atoms with E-state index in [1.165, 1.54) is 0 Å².